The first-order chi connectivity index (χ1) is 31.2. The number of piperidine rings is 2. The van der Waals surface area contributed by atoms with Gasteiger partial charge in [0.1, 0.15) is 35.4 Å². The molecule has 5 saturated heterocycles. The summed E-state index contributed by atoms with van der Waals surface area (Å²) in [6, 6.07) is 22.5. The van der Waals surface area contributed by atoms with Gasteiger partial charge in [0.15, 0.2) is 5.65 Å². The Morgan fingerprint density at radius 1 is 0.719 bits per heavy atom. The van der Waals surface area contributed by atoms with Crippen LogP contribution in [0.5, 0.6) is 11.5 Å². The Balaban J connectivity index is 0.665. The van der Waals surface area contributed by atoms with E-state index in [0.29, 0.717) is 38.0 Å². The quantitative estimate of drug-likeness (QED) is 0.216. The number of carbonyl (C=O) groups is 5. The minimum absolute atomic E-state index is 0.0802. The Hall–Kier alpha value is -6.92. The van der Waals surface area contributed by atoms with E-state index in [4.69, 9.17) is 15.6 Å². The largest absolute Gasteiger partial charge is 0.457 e. The lowest BCUT2D eigenvalue weighted by Gasteiger charge is -2.53. The molecular weight excluding hydrogens is 817 g/mol. The Morgan fingerprint density at radius 3 is 2.16 bits per heavy atom. The average Bonchev–Trinajstić information content (AvgIpc) is 3.79. The van der Waals surface area contributed by atoms with Crippen molar-refractivity contribution in [1.29, 1.82) is 0 Å². The second-order valence-electron chi connectivity index (χ2n) is 17.6. The number of nitrogens with one attached hydrogen (secondary N) is 1. The maximum absolute atomic E-state index is 13.6. The number of aromatic nitrogens is 4. The maximum atomic E-state index is 13.6. The number of piperazine rings is 1. The number of nitrogens with two attached hydrogens (primary N) is 1. The number of nitrogens with zero attached hydrogens (tertiary/aromatic N) is 10. The number of likely N-dealkylation sites (tertiary alicyclic amines) is 3. The summed E-state index contributed by atoms with van der Waals surface area (Å²) in [6.45, 7) is 7.64. The van der Waals surface area contributed by atoms with Crippen LogP contribution in [0, 0.1) is 0 Å². The summed E-state index contributed by atoms with van der Waals surface area (Å²) >= 11 is 0. The van der Waals surface area contributed by atoms with Crippen molar-refractivity contribution >= 4 is 52.2 Å². The standard InChI is InChI=1S/C46H48N12O6/c47-41-39-40(28-8-11-34(12-9-28)64-33-6-2-1-3-7-33)51-58(42(39)49-27-48-41)30-5-4-16-54(22-30)32-25-56(26-32)46(63)55-23-31(24-55)53-19-17-52(18-20-53)29-10-13-35-36(21-29)45(62)57(44(35)61)37-14-15-38(59)50-43(37)60/h1-3,6-13,21,27,30-32,37H,4-5,14-20,22-26H2,(H2,47,48,49)(H,50,59,60). The molecule has 2 atom stereocenters. The Morgan fingerprint density at radius 2 is 1.42 bits per heavy atom. The van der Waals surface area contributed by atoms with E-state index in [-0.39, 0.29) is 42.1 Å². The maximum Gasteiger partial charge on any atom is 0.320 e. The van der Waals surface area contributed by atoms with Gasteiger partial charge in [-0.05, 0) is 80.4 Å². The third kappa shape index (κ3) is 7.06. The molecule has 6 amide bonds. The van der Waals surface area contributed by atoms with Gasteiger partial charge in [0.2, 0.25) is 11.8 Å². The van der Waals surface area contributed by atoms with Gasteiger partial charge in [-0.3, -0.25) is 39.2 Å². The zero-order chi connectivity index (χ0) is 43.6. The number of nitrogen functional groups attached to an aromatic ring is 1. The molecule has 6 aliphatic rings. The first-order valence-corrected chi connectivity index (χ1v) is 22.1. The molecule has 0 spiro atoms. The molecule has 3 aromatic carbocycles. The van der Waals surface area contributed by atoms with Crippen molar-refractivity contribution in [3.05, 3.63) is 90.3 Å². The van der Waals surface area contributed by atoms with Crippen LogP contribution in [0.1, 0.15) is 52.4 Å². The van der Waals surface area contributed by atoms with Gasteiger partial charge in [-0.25, -0.2) is 19.4 Å². The van der Waals surface area contributed by atoms with E-state index < -0.39 is 29.7 Å². The lowest BCUT2D eigenvalue weighted by atomic mass is 9.99. The molecule has 3 N–H and O–H groups in total. The summed E-state index contributed by atoms with van der Waals surface area (Å²) < 4.78 is 8.04. The summed E-state index contributed by atoms with van der Waals surface area (Å²) in [6.07, 6.45) is 3.67. The average molecular weight is 865 g/mol. The van der Waals surface area contributed by atoms with Gasteiger partial charge in [0.05, 0.1) is 22.6 Å². The monoisotopic (exact) mass is 864 g/mol. The minimum atomic E-state index is -0.990. The molecular formula is C46H48N12O6. The van der Waals surface area contributed by atoms with Crippen LogP contribution in [0.4, 0.5) is 16.3 Å². The van der Waals surface area contributed by atoms with Crippen molar-refractivity contribution in [2.75, 3.05) is 76.1 Å². The molecule has 18 heteroatoms. The van der Waals surface area contributed by atoms with Gasteiger partial charge in [0, 0.05) is 88.7 Å². The second kappa shape index (κ2) is 16.0. The number of hydrogen-bond donors (Lipinski definition) is 2. The molecule has 2 aromatic heterocycles. The summed E-state index contributed by atoms with van der Waals surface area (Å²) in [7, 11) is 0. The molecule has 328 valence electrons. The van der Waals surface area contributed by atoms with Crippen LogP contribution in [0.3, 0.4) is 0 Å². The summed E-state index contributed by atoms with van der Waals surface area (Å²) in [4.78, 5) is 85.3. The van der Waals surface area contributed by atoms with Crippen molar-refractivity contribution in [2.24, 2.45) is 0 Å². The Bertz CT molecular complexity index is 2670. The van der Waals surface area contributed by atoms with E-state index in [2.05, 4.69) is 30.0 Å². The fourth-order valence-corrected chi connectivity index (χ4v) is 10.2. The number of fused-ring (bicyclic) bond motifs is 2. The molecule has 6 aliphatic heterocycles. The molecule has 0 saturated carbocycles. The van der Waals surface area contributed by atoms with Crippen molar-refractivity contribution in [2.45, 2.75) is 49.9 Å². The molecule has 64 heavy (non-hydrogen) atoms. The number of urea groups is 1. The zero-order valence-corrected chi connectivity index (χ0v) is 35.2. The first kappa shape index (κ1) is 39.9. The van der Waals surface area contributed by atoms with Crippen LogP contribution in [0.2, 0.25) is 0 Å². The third-order valence-corrected chi connectivity index (χ3v) is 13.8. The fraction of sp³-hybridized carbons (Fsp3) is 0.391. The summed E-state index contributed by atoms with van der Waals surface area (Å²) in [5, 5.41) is 8.11. The minimum Gasteiger partial charge on any atom is -0.457 e. The molecule has 0 bridgehead atoms. The SMILES string of the molecule is Nc1ncnc2c1c(-c1ccc(Oc3ccccc3)cc1)nn2C1CCCN(C2CN(C(=O)N3CC(N4CCN(c5ccc6c(c5)C(=O)N(C5CCC(=O)NC5=O)C6=O)CC4)C3)C2)C1. The van der Waals surface area contributed by atoms with Crippen molar-refractivity contribution in [3.8, 4) is 22.8 Å². The van der Waals surface area contributed by atoms with Crippen LogP contribution in [0.15, 0.2) is 79.1 Å². The van der Waals surface area contributed by atoms with Crippen LogP contribution in [-0.2, 0) is 9.59 Å². The van der Waals surface area contributed by atoms with E-state index >= 15 is 0 Å². The zero-order valence-electron chi connectivity index (χ0n) is 35.2. The van der Waals surface area contributed by atoms with Crippen molar-refractivity contribution in [1.82, 2.24) is 49.6 Å². The summed E-state index contributed by atoms with van der Waals surface area (Å²) in [5.74, 6) is -0.148. The van der Waals surface area contributed by atoms with Crippen LogP contribution >= 0.6 is 0 Å². The highest BCUT2D eigenvalue weighted by atomic mass is 16.5. The van der Waals surface area contributed by atoms with Crippen molar-refractivity contribution < 1.29 is 28.7 Å². The molecule has 8 heterocycles. The van der Waals surface area contributed by atoms with E-state index in [0.717, 1.165) is 96.5 Å². The Labute approximate surface area is 368 Å². The fourth-order valence-electron chi connectivity index (χ4n) is 10.2. The third-order valence-electron chi connectivity index (χ3n) is 13.8. The topological polar surface area (TPSA) is 196 Å². The van der Waals surface area contributed by atoms with Gasteiger partial charge < -0.3 is 25.2 Å². The number of para-hydroxylation sites is 1. The van der Waals surface area contributed by atoms with Crippen LogP contribution in [-0.4, -0.2) is 157 Å². The predicted octanol–water partition coefficient (Wildman–Crippen LogP) is 3.22. The van der Waals surface area contributed by atoms with Crippen LogP contribution in [0.25, 0.3) is 22.3 Å². The van der Waals surface area contributed by atoms with Gasteiger partial charge in [0.25, 0.3) is 11.8 Å². The van der Waals surface area contributed by atoms with Gasteiger partial charge >= 0.3 is 6.03 Å². The molecule has 11 rings (SSSR count). The van der Waals surface area contributed by atoms with E-state index in [1.54, 1.807) is 12.1 Å². The molecule has 0 radical (unpaired) electrons. The van der Waals surface area contributed by atoms with E-state index in [9.17, 15) is 24.0 Å². The van der Waals surface area contributed by atoms with Crippen molar-refractivity contribution in [3.63, 3.8) is 0 Å². The number of anilines is 2. The van der Waals surface area contributed by atoms with E-state index in [1.807, 2.05) is 75.1 Å². The first-order valence-electron chi connectivity index (χ1n) is 22.1. The number of benzene rings is 3. The number of ether oxygens (including phenoxy) is 1. The lowest BCUT2D eigenvalue weighted by Crippen LogP contribution is -2.70. The Kier molecular flexibility index (Phi) is 9.98. The number of rotatable bonds is 8. The molecule has 2 unspecified atom stereocenters. The highest BCUT2D eigenvalue weighted by molar-refractivity contribution is 6.23. The normalized spacial score (nSPS) is 22.4. The lowest BCUT2D eigenvalue weighted by molar-refractivity contribution is -0.136. The predicted molar refractivity (Wildman–Crippen MR) is 235 cm³/mol. The van der Waals surface area contributed by atoms with E-state index in [1.165, 1.54) is 6.33 Å². The summed E-state index contributed by atoms with van der Waals surface area (Å²) in [5.41, 5.74) is 10.2. The van der Waals surface area contributed by atoms with Crippen LogP contribution < -0.4 is 20.7 Å². The van der Waals surface area contributed by atoms with Gasteiger partial charge in [-0.1, -0.05) is 18.2 Å². The highest BCUT2D eigenvalue weighted by Gasteiger charge is 2.46. The molecule has 5 fully saturated rings. The molecule has 18 nitrogen and oxygen atoms in total. The van der Waals surface area contributed by atoms with Gasteiger partial charge in [-0.2, -0.15) is 5.10 Å². The molecule has 0 aliphatic carbocycles. The number of imide groups is 2. The smallest absolute Gasteiger partial charge is 0.320 e. The second-order valence-corrected chi connectivity index (χ2v) is 17.6. The number of carbonyl (C=O) groups excluding carboxylic acids is 5. The highest BCUT2D eigenvalue weighted by Crippen LogP contribution is 2.37. The molecule has 5 aromatic rings. The van der Waals surface area contributed by atoms with Gasteiger partial charge in [-0.15, -0.1) is 0 Å². The number of amides is 6. The number of hydrogen-bond acceptors (Lipinski definition) is 13.